The minimum Gasteiger partial charge on any atom is -0.480 e. The van der Waals surface area contributed by atoms with Crippen molar-refractivity contribution < 1.29 is 28.5 Å². The van der Waals surface area contributed by atoms with Crippen molar-refractivity contribution in [2.75, 3.05) is 46.4 Å². The van der Waals surface area contributed by atoms with Crippen molar-refractivity contribution in [2.24, 2.45) is 11.8 Å². The van der Waals surface area contributed by atoms with Gasteiger partial charge in [0.05, 0.1) is 39.7 Å². The normalized spacial score (nSPS) is 16.1. The molecule has 2 fully saturated rings. The van der Waals surface area contributed by atoms with Crippen molar-refractivity contribution in [3.05, 3.63) is 27.5 Å². The number of rotatable bonds is 8. The number of nitrogens with one attached hydrogen (secondary N) is 2. The summed E-state index contributed by atoms with van der Waals surface area (Å²) in [4.78, 5) is 40.5. The van der Waals surface area contributed by atoms with Crippen molar-refractivity contribution in [1.82, 2.24) is 30.6 Å². The summed E-state index contributed by atoms with van der Waals surface area (Å²) in [7, 11) is 3.04. The fourth-order valence-electron chi connectivity index (χ4n) is 3.91. The van der Waals surface area contributed by atoms with E-state index < -0.39 is 0 Å². The number of aromatic nitrogens is 4. The average Bonchev–Trinajstić information content (AvgIpc) is 2.96. The molecule has 0 unspecified atom stereocenters. The van der Waals surface area contributed by atoms with Gasteiger partial charge in [0.25, 0.3) is 0 Å². The van der Waals surface area contributed by atoms with E-state index in [0.29, 0.717) is 56.1 Å². The van der Waals surface area contributed by atoms with Gasteiger partial charge in [0.1, 0.15) is 20.9 Å². The van der Waals surface area contributed by atoms with Gasteiger partial charge in [-0.15, -0.1) is 0 Å². The lowest BCUT2D eigenvalue weighted by Crippen LogP contribution is -2.34. The summed E-state index contributed by atoms with van der Waals surface area (Å²) in [6.45, 7) is 3.22. The monoisotopic (exact) mass is 643 g/mol. The molecule has 13 nitrogen and oxygen atoms in total. The van der Waals surface area contributed by atoms with Gasteiger partial charge in [-0.2, -0.15) is 4.98 Å². The van der Waals surface area contributed by atoms with Crippen molar-refractivity contribution in [1.29, 1.82) is 0 Å². The van der Waals surface area contributed by atoms with Crippen LogP contribution in [0.3, 0.4) is 0 Å². The van der Waals surface area contributed by atoms with Crippen molar-refractivity contribution in [3.8, 4) is 11.8 Å². The van der Waals surface area contributed by atoms with Crippen molar-refractivity contribution >= 4 is 40.2 Å². The van der Waals surface area contributed by atoms with E-state index in [-0.39, 0.29) is 36.0 Å². The van der Waals surface area contributed by atoms with Crippen LogP contribution in [0.4, 0.5) is 5.82 Å². The van der Waals surface area contributed by atoms with Crippen LogP contribution in [0.1, 0.15) is 37.1 Å². The zero-order valence-corrected chi connectivity index (χ0v) is 23.7. The summed E-state index contributed by atoms with van der Waals surface area (Å²) < 4.78 is 21.5. The van der Waals surface area contributed by atoms with Gasteiger partial charge >= 0.3 is 0 Å². The fraction of sp³-hybridized carbons (Fsp3) is 0.583. The average molecular weight is 643 g/mol. The standard InChI is InChI=1S/C12H16IN3O3.C12H18N4O3/c2*1-18-12-9(14-7-10(13)16-12)6-15-11(17)8-2-4-19-5-3-8/h7-8H,2-6H2,1H3,(H,15,17);7-8H,2-6H2,1H3,(H2,13,16)(H,15,17). The van der Waals surface area contributed by atoms with E-state index in [9.17, 15) is 9.59 Å². The summed E-state index contributed by atoms with van der Waals surface area (Å²) in [5.74, 6) is 1.20. The number of carbonyl (C=O) groups excluding carboxylic acids is 2. The summed E-state index contributed by atoms with van der Waals surface area (Å²) in [6, 6.07) is 0. The van der Waals surface area contributed by atoms with Crippen LogP contribution in [-0.2, 0) is 32.2 Å². The highest BCUT2D eigenvalue weighted by Gasteiger charge is 2.23. The van der Waals surface area contributed by atoms with Gasteiger partial charge in [-0.3, -0.25) is 14.6 Å². The molecular weight excluding hydrogens is 609 g/mol. The molecule has 2 aromatic rings. The fourth-order valence-corrected chi connectivity index (χ4v) is 4.26. The summed E-state index contributed by atoms with van der Waals surface area (Å²) in [6.07, 6.45) is 6.17. The summed E-state index contributed by atoms with van der Waals surface area (Å²) in [5.41, 5.74) is 6.73. The van der Waals surface area contributed by atoms with E-state index in [1.54, 1.807) is 13.3 Å². The van der Waals surface area contributed by atoms with E-state index in [0.717, 1.165) is 29.4 Å². The Labute approximate surface area is 235 Å². The maximum atomic E-state index is 12.0. The molecule has 4 N–H and O–H groups in total. The van der Waals surface area contributed by atoms with Crippen molar-refractivity contribution in [2.45, 2.75) is 38.8 Å². The highest BCUT2D eigenvalue weighted by atomic mass is 127. The molecule has 0 spiro atoms. The number of hydrogen-bond donors (Lipinski definition) is 3. The van der Waals surface area contributed by atoms with Gasteiger partial charge < -0.3 is 35.3 Å². The van der Waals surface area contributed by atoms with Crippen LogP contribution in [0.2, 0.25) is 0 Å². The minimum absolute atomic E-state index is 0.0153. The Morgan fingerprint density at radius 1 is 0.868 bits per heavy atom. The third-order valence-corrected chi connectivity index (χ3v) is 6.56. The second kappa shape index (κ2) is 15.5. The number of halogens is 1. The van der Waals surface area contributed by atoms with E-state index in [1.165, 1.54) is 13.3 Å². The zero-order valence-electron chi connectivity index (χ0n) is 21.6. The number of nitrogen functional groups attached to an aromatic ring is 1. The lowest BCUT2D eigenvalue weighted by Gasteiger charge is -2.21. The van der Waals surface area contributed by atoms with Crippen LogP contribution in [-0.4, -0.2) is 72.4 Å². The number of carbonyl (C=O) groups is 2. The van der Waals surface area contributed by atoms with Gasteiger partial charge in [-0.25, -0.2) is 9.97 Å². The highest BCUT2D eigenvalue weighted by Crippen LogP contribution is 2.18. The maximum Gasteiger partial charge on any atom is 0.239 e. The largest absolute Gasteiger partial charge is 0.480 e. The molecule has 2 amide bonds. The third kappa shape index (κ3) is 9.16. The second-order valence-corrected chi connectivity index (χ2v) is 9.71. The van der Waals surface area contributed by atoms with E-state index in [1.807, 2.05) is 0 Å². The molecule has 0 bridgehead atoms. The molecule has 38 heavy (non-hydrogen) atoms. The first kappa shape index (κ1) is 29.7. The molecule has 0 aromatic carbocycles. The Morgan fingerprint density at radius 3 is 1.79 bits per heavy atom. The molecule has 0 aliphatic carbocycles. The third-order valence-electron chi connectivity index (χ3n) is 6.04. The van der Waals surface area contributed by atoms with Crippen LogP contribution in [0.5, 0.6) is 11.8 Å². The minimum atomic E-state index is 0.0153. The van der Waals surface area contributed by atoms with E-state index >= 15 is 0 Å². The molecule has 0 atom stereocenters. The summed E-state index contributed by atoms with van der Waals surface area (Å²) in [5, 5.41) is 5.73. The molecule has 4 rings (SSSR count). The predicted molar refractivity (Wildman–Crippen MR) is 145 cm³/mol. The van der Waals surface area contributed by atoms with Gasteiger partial charge in [0.2, 0.25) is 23.6 Å². The van der Waals surface area contributed by atoms with Crippen molar-refractivity contribution in [3.63, 3.8) is 0 Å². The van der Waals surface area contributed by atoms with Crippen LogP contribution in [0, 0.1) is 15.5 Å². The Morgan fingerprint density at radius 2 is 1.32 bits per heavy atom. The Balaban J connectivity index is 0.000000211. The quantitative estimate of drug-likeness (QED) is 0.354. The van der Waals surface area contributed by atoms with Gasteiger partial charge in [-0.1, -0.05) is 0 Å². The maximum absolute atomic E-state index is 12.0. The molecule has 4 heterocycles. The summed E-state index contributed by atoms with van der Waals surface area (Å²) >= 11 is 2.07. The molecule has 2 aromatic heterocycles. The Bertz CT molecular complexity index is 981. The topological polar surface area (TPSA) is 173 Å². The van der Waals surface area contributed by atoms with E-state index in [4.69, 9.17) is 24.7 Å². The number of nitrogens with zero attached hydrogens (tertiary/aromatic N) is 4. The number of nitrogens with two attached hydrogens (primary N) is 1. The lowest BCUT2D eigenvalue weighted by atomic mass is 9.99. The number of ether oxygens (including phenoxy) is 4. The van der Waals surface area contributed by atoms with Gasteiger partial charge in [0, 0.05) is 38.3 Å². The molecular formula is C24H34IN7O6. The van der Waals surface area contributed by atoms with Crippen LogP contribution in [0.15, 0.2) is 12.4 Å². The van der Waals surface area contributed by atoms with Crippen LogP contribution < -0.4 is 25.8 Å². The molecule has 208 valence electrons. The molecule has 0 saturated carbocycles. The predicted octanol–water partition coefficient (Wildman–Crippen LogP) is 1.24. The van der Waals surface area contributed by atoms with Crippen LogP contribution >= 0.6 is 22.6 Å². The second-order valence-electron chi connectivity index (χ2n) is 8.61. The number of amides is 2. The first-order valence-corrected chi connectivity index (χ1v) is 13.4. The lowest BCUT2D eigenvalue weighted by molar-refractivity contribution is -0.128. The smallest absolute Gasteiger partial charge is 0.239 e. The molecule has 14 heteroatoms. The Kier molecular flexibility index (Phi) is 12.1. The SMILES string of the molecule is COc1nc(I)cnc1CNC(=O)C1CCOCC1.COc1nc(N)cnc1CNC(=O)C1CCOCC1. The van der Waals surface area contributed by atoms with E-state index in [2.05, 4.69) is 53.2 Å². The van der Waals surface area contributed by atoms with Gasteiger partial charge in [-0.05, 0) is 48.3 Å². The molecule has 2 aliphatic heterocycles. The number of anilines is 1. The molecule has 0 radical (unpaired) electrons. The number of methoxy groups -OCH3 is 2. The van der Waals surface area contributed by atoms with Crippen LogP contribution in [0.25, 0.3) is 0 Å². The molecule has 2 saturated heterocycles. The zero-order chi connectivity index (χ0) is 27.3. The highest BCUT2D eigenvalue weighted by molar-refractivity contribution is 14.1. The first-order valence-electron chi connectivity index (χ1n) is 12.3. The van der Waals surface area contributed by atoms with Gasteiger partial charge in [0.15, 0.2) is 0 Å². The molecule has 2 aliphatic rings. The Hall–Kier alpha value is -2.85. The number of hydrogen-bond acceptors (Lipinski definition) is 11. The first-order chi connectivity index (χ1) is 18.4.